The highest BCUT2D eigenvalue weighted by Crippen LogP contribution is 2.24. The molecular weight excluding hydrogens is 460 g/mol. The van der Waals surface area contributed by atoms with Gasteiger partial charge in [0.05, 0.1) is 11.5 Å². The Balaban J connectivity index is 1.41. The number of carbonyl (C=O) groups is 3. The van der Waals surface area contributed by atoms with Gasteiger partial charge in [0.1, 0.15) is 11.8 Å². The van der Waals surface area contributed by atoms with Gasteiger partial charge in [-0.2, -0.15) is 0 Å². The average molecular weight is 487 g/mol. The molecule has 2 aromatic rings. The van der Waals surface area contributed by atoms with Crippen LogP contribution in [-0.4, -0.2) is 56.9 Å². The minimum atomic E-state index is -3.84. The van der Waals surface area contributed by atoms with Gasteiger partial charge < -0.3 is 15.0 Å². The van der Waals surface area contributed by atoms with Crippen LogP contribution in [-0.2, 0) is 14.8 Å². The third kappa shape index (κ3) is 5.14. The van der Waals surface area contributed by atoms with E-state index in [0.29, 0.717) is 43.1 Å². The molecular formula is C23H26N4O6S. The first kappa shape index (κ1) is 23.6. The SMILES string of the molecule is CCOc1ccc(NS(=O)(=O)c2ccc(C(=O)N3CCC[C@@H]([C@H]4NC(=O)NC4=O)C3)cc2)cc1. The van der Waals surface area contributed by atoms with Crippen molar-refractivity contribution in [2.45, 2.75) is 30.7 Å². The van der Waals surface area contributed by atoms with Gasteiger partial charge in [-0.05, 0) is 68.3 Å². The third-order valence-electron chi connectivity index (χ3n) is 5.85. The Morgan fingerprint density at radius 3 is 2.44 bits per heavy atom. The van der Waals surface area contributed by atoms with E-state index in [4.69, 9.17) is 4.74 Å². The molecule has 0 spiro atoms. The van der Waals surface area contributed by atoms with Crippen LogP contribution in [0, 0.1) is 5.92 Å². The highest BCUT2D eigenvalue weighted by atomic mass is 32.2. The minimum Gasteiger partial charge on any atom is -0.494 e. The summed E-state index contributed by atoms with van der Waals surface area (Å²) < 4.78 is 33.3. The van der Waals surface area contributed by atoms with Gasteiger partial charge in [-0.15, -0.1) is 0 Å². The Morgan fingerprint density at radius 1 is 1.12 bits per heavy atom. The molecule has 11 heteroatoms. The number of rotatable bonds is 7. The zero-order chi connectivity index (χ0) is 24.3. The number of ether oxygens (including phenoxy) is 1. The number of benzene rings is 2. The van der Waals surface area contributed by atoms with Crippen LogP contribution in [0.4, 0.5) is 10.5 Å². The number of piperidine rings is 1. The first-order valence-electron chi connectivity index (χ1n) is 11.0. The lowest BCUT2D eigenvalue weighted by molar-refractivity contribution is -0.121. The van der Waals surface area contributed by atoms with Gasteiger partial charge >= 0.3 is 6.03 Å². The van der Waals surface area contributed by atoms with Crippen LogP contribution in [0.1, 0.15) is 30.1 Å². The van der Waals surface area contributed by atoms with Crippen molar-refractivity contribution in [1.82, 2.24) is 15.5 Å². The standard InChI is InChI=1S/C23H26N4O6S/c1-2-33-18-9-7-17(8-10-18)26-34(31,32)19-11-5-15(6-12-19)22(29)27-13-3-4-16(14-27)20-21(28)25-23(30)24-20/h5-12,16,20,26H,2-4,13-14H2,1H3,(H2,24,25,28,30)/t16-,20-/m1/s1. The first-order valence-corrected chi connectivity index (χ1v) is 12.5. The Morgan fingerprint density at radius 2 is 1.82 bits per heavy atom. The number of imide groups is 1. The van der Waals surface area contributed by atoms with Crippen LogP contribution in [0.25, 0.3) is 0 Å². The van der Waals surface area contributed by atoms with E-state index in [1.54, 1.807) is 29.2 Å². The van der Waals surface area contributed by atoms with Crippen LogP contribution in [0.5, 0.6) is 5.75 Å². The van der Waals surface area contributed by atoms with E-state index in [-0.39, 0.29) is 22.6 Å². The zero-order valence-electron chi connectivity index (χ0n) is 18.6. The number of nitrogens with zero attached hydrogens (tertiary/aromatic N) is 1. The van der Waals surface area contributed by atoms with Crippen LogP contribution in [0.3, 0.4) is 0 Å². The van der Waals surface area contributed by atoms with E-state index in [0.717, 1.165) is 6.42 Å². The molecule has 0 aromatic heterocycles. The van der Waals surface area contributed by atoms with Crippen molar-refractivity contribution in [3.05, 3.63) is 54.1 Å². The van der Waals surface area contributed by atoms with Gasteiger partial charge in [0.25, 0.3) is 21.8 Å². The monoisotopic (exact) mass is 486 g/mol. The molecule has 2 aliphatic rings. The molecule has 2 aromatic carbocycles. The lowest BCUT2D eigenvalue weighted by Gasteiger charge is -2.34. The fourth-order valence-corrected chi connectivity index (χ4v) is 5.25. The lowest BCUT2D eigenvalue weighted by atomic mass is 9.90. The summed E-state index contributed by atoms with van der Waals surface area (Å²) in [5, 5.41) is 4.83. The summed E-state index contributed by atoms with van der Waals surface area (Å²) in [4.78, 5) is 38.1. The normalized spacial score (nSPS) is 20.4. The highest BCUT2D eigenvalue weighted by molar-refractivity contribution is 7.92. The topological polar surface area (TPSA) is 134 Å². The number of anilines is 1. The number of sulfonamides is 1. The average Bonchev–Trinajstić information content (AvgIpc) is 3.18. The fourth-order valence-electron chi connectivity index (χ4n) is 4.19. The van der Waals surface area contributed by atoms with E-state index in [1.165, 1.54) is 24.3 Å². The van der Waals surface area contributed by atoms with E-state index in [2.05, 4.69) is 15.4 Å². The Bertz CT molecular complexity index is 1180. The van der Waals surface area contributed by atoms with Crippen LogP contribution in [0.2, 0.25) is 0 Å². The summed E-state index contributed by atoms with van der Waals surface area (Å²) in [5.41, 5.74) is 0.742. The molecule has 2 heterocycles. The minimum absolute atomic E-state index is 0.0276. The van der Waals surface area contributed by atoms with Crippen molar-refractivity contribution in [1.29, 1.82) is 0 Å². The lowest BCUT2D eigenvalue weighted by Crippen LogP contribution is -2.48. The van der Waals surface area contributed by atoms with Crippen molar-refractivity contribution in [3.8, 4) is 5.75 Å². The predicted molar refractivity (Wildman–Crippen MR) is 124 cm³/mol. The smallest absolute Gasteiger partial charge is 0.322 e. The number of amides is 4. The third-order valence-corrected chi connectivity index (χ3v) is 7.25. The number of likely N-dealkylation sites (tertiary alicyclic amines) is 1. The summed E-state index contributed by atoms with van der Waals surface area (Å²) >= 11 is 0. The predicted octanol–water partition coefficient (Wildman–Crippen LogP) is 1.95. The fraction of sp³-hybridized carbons (Fsp3) is 0.348. The van der Waals surface area contributed by atoms with Crippen molar-refractivity contribution in [2.75, 3.05) is 24.4 Å². The molecule has 0 aliphatic carbocycles. The summed E-state index contributed by atoms with van der Waals surface area (Å²) in [7, 11) is -3.84. The molecule has 0 bridgehead atoms. The van der Waals surface area contributed by atoms with Crippen molar-refractivity contribution < 1.29 is 27.5 Å². The molecule has 2 atom stereocenters. The second-order valence-electron chi connectivity index (χ2n) is 8.18. The van der Waals surface area contributed by atoms with Gasteiger partial charge in [-0.1, -0.05) is 0 Å². The quantitative estimate of drug-likeness (QED) is 0.512. The molecule has 2 saturated heterocycles. The molecule has 2 fully saturated rings. The Labute approximate surface area is 197 Å². The molecule has 34 heavy (non-hydrogen) atoms. The van der Waals surface area contributed by atoms with Crippen LogP contribution >= 0.6 is 0 Å². The summed E-state index contributed by atoms with van der Waals surface area (Å²) in [6.07, 6.45) is 1.42. The molecule has 180 valence electrons. The second-order valence-corrected chi connectivity index (χ2v) is 9.86. The number of nitrogens with one attached hydrogen (secondary N) is 3. The Hall–Kier alpha value is -3.60. The molecule has 4 rings (SSSR count). The first-order chi connectivity index (χ1) is 16.3. The molecule has 10 nitrogen and oxygen atoms in total. The van der Waals surface area contributed by atoms with Crippen LogP contribution < -0.4 is 20.1 Å². The van der Waals surface area contributed by atoms with Crippen molar-refractivity contribution in [2.24, 2.45) is 5.92 Å². The molecule has 3 N–H and O–H groups in total. The number of urea groups is 1. The summed E-state index contributed by atoms with van der Waals surface area (Å²) in [6, 6.07) is 11.1. The number of hydrogen-bond acceptors (Lipinski definition) is 6. The van der Waals surface area contributed by atoms with Gasteiger partial charge in [-0.25, -0.2) is 13.2 Å². The highest BCUT2D eigenvalue weighted by Gasteiger charge is 2.39. The van der Waals surface area contributed by atoms with Crippen molar-refractivity contribution >= 4 is 33.6 Å². The Kier molecular flexibility index (Phi) is 6.73. The van der Waals surface area contributed by atoms with Gasteiger partial charge in [0, 0.05) is 30.3 Å². The zero-order valence-corrected chi connectivity index (χ0v) is 19.4. The summed E-state index contributed by atoms with van der Waals surface area (Å²) in [5.74, 6) is -0.164. The van der Waals surface area contributed by atoms with Gasteiger partial charge in [0.15, 0.2) is 0 Å². The largest absolute Gasteiger partial charge is 0.494 e. The molecule has 0 radical (unpaired) electrons. The van der Waals surface area contributed by atoms with E-state index < -0.39 is 22.1 Å². The maximum absolute atomic E-state index is 13.0. The van der Waals surface area contributed by atoms with Gasteiger partial charge in [-0.3, -0.25) is 19.6 Å². The van der Waals surface area contributed by atoms with Crippen LogP contribution in [0.15, 0.2) is 53.4 Å². The van der Waals surface area contributed by atoms with Gasteiger partial charge in [0.2, 0.25) is 0 Å². The molecule has 0 saturated carbocycles. The number of carbonyl (C=O) groups excluding carboxylic acids is 3. The van der Waals surface area contributed by atoms with E-state index >= 15 is 0 Å². The van der Waals surface area contributed by atoms with Crippen molar-refractivity contribution in [3.63, 3.8) is 0 Å². The molecule has 4 amide bonds. The molecule has 2 aliphatic heterocycles. The maximum Gasteiger partial charge on any atom is 0.322 e. The molecule has 0 unspecified atom stereocenters. The maximum atomic E-state index is 13.0. The second kappa shape index (κ2) is 9.72. The van der Waals surface area contributed by atoms with E-state index in [9.17, 15) is 22.8 Å². The summed E-state index contributed by atoms with van der Waals surface area (Å²) in [6.45, 7) is 3.23. The van der Waals surface area contributed by atoms with E-state index in [1.807, 2.05) is 6.92 Å². The number of hydrogen-bond donors (Lipinski definition) is 3.